The van der Waals surface area contributed by atoms with E-state index in [1.807, 2.05) is 4.57 Å². The highest BCUT2D eigenvalue weighted by molar-refractivity contribution is 6.31. The zero-order chi connectivity index (χ0) is 15.0. The van der Waals surface area contributed by atoms with Gasteiger partial charge in [-0.25, -0.2) is 9.37 Å². The van der Waals surface area contributed by atoms with E-state index < -0.39 is 5.82 Å². The standard InChI is InChI=1S/C15H17Cl2FN2O/c1-15(2-4-21-5-3-15)9-20-13-7-11(18)10(17)6-12(13)19-14(20)8-16/h6-7H,2-5,8-9H2,1H3. The summed E-state index contributed by atoms with van der Waals surface area (Å²) in [5, 5.41) is 0.0885. The number of rotatable bonds is 3. The van der Waals surface area contributed by atoms with E-state index in [1.54, 1.807) is 6.07 Å². The van der Waals surface area contributed by atoms with Gasteiger partial charge in [0.05, 0.1) is 21.9 Å². The van der Waals surface area contributed by atoms with Crippen molar-refractivity contribution in [2.24, 2.45) is 5.41 Å². The quantitative estimate of drug-likeness (QED) is 0.780. The highest BCUT2D eigenvalue weighted by Crippen LogP contribution is 2.34. The van der Waals surface area contributed by atoms with Crippen LogP contribution in [-0.2, 0) is 17.2 Å². The topological polar surface area (TPSA) is 27.1 Å². The van der Waals surface area contributed by atoms with Gasteiger partial charge < -0.3 is 9.30 Å². The third-order valence-corrected chi connectivity index (χ3v) is 4.76. The Morgan fingerprint density at radius 2 is 2.10 bits per heavy atom. The number of hydrogen-bond acceptors (Lipinski definition) is 2. The van der Waals surface area contributed by atoms with E-state index in [4.69, 9.17) is 27.9 Å². The van der Waals surface area contributed by atoms with Crippen molar-refractivity contribution in [1.82, 2.24) is 9.55 Å². The van der Waals surface area contributed by atoms with Crippen LogP contribution in [0.2, 0.25) is 5.02 Å². The summed E-state index contributed by atoms with van der Waals surface area (Å²) in [7, 11) is 0. The zero-order valence-corrected chi connectivity index (χ0v) is 13.3. The summed E-state index contributed by atoms with van der Waals surface area (Å²) in [4.78, 5) is 4.48. The molecule has 1 saturated heterocycles. The molecule has 114 valence electrons. The van der Waals surface area contributed by atoms with Crippen molar-refractivity contribution in [3.05, 3.63) is 28.8 Å². The molecule has 0 N–H and O–H groups in total. The molecule has 0 unspecified atom stereocenters. The van der Waals surface area contributed by atoms with Crippen LogP contribution in [0.4, 0.5) is 4.39 Å². The maximum Gasteiger partial charge on any atom is 0.144 e. The minimum absolute atomic E-state index is 0.0885. The number of benzene rings is 1. The second-order valence-corrected chi connectivity index (χ2v) is 6.60. The number of fused-ring (bicyclic) bond motifs is 1. The van der Waals surface area contributed by atoms with Gasteiger partial charge in [0.2, 0.25) is 0 Å². The van der Waals surface area contributed by atoms with Gasteiger partial charge in [-0.1, -0.05) is 18.5 Å². The molecular weight excluding hydrogens is 314 g/mol. The summed E-state index contributed by atoms with van der Waals surface area (Å²) in [5.41, 5.74) is 1.55. The molecule has 1 aliphatic rings. The van der Waals surface area contributed by atoms with E-state index in [-0.39, 0.29) is 10.4 Å². The average molecular weight is 331 g/mol. The van der Waals surface area contributed by atoms with Gasteiger partial charge in [-0.3, -0.25) is 0 Å². The summed E-state index contributed by atoms with van der Waals surface area (Å²) < 4.78 is 21.2. The maximum absolute atomic E-state index is 13.8. The highest BCUT2D eigenvalue weighted by Gasteiger charge is 2.29. The fraction of sp³-hybridized carbons (Fsp3) is 0.533. The predicted octanol–water partition coefficient (Wildman–Crippen LogP) is 4.38. The van der Waals surface area contributed by atoms with Crippen LogP contribution in [-0.4, -0.2) is 22.8 Å². The number of nitrogens with zero attached hydrogens (tertiary/aromatic N) is 2. The first-order valence-corrected chi connectivity index (χ1v) is 7.91. The molecule has 0 spiro atoms. The van der Waals surface area contributed by atoms with Crippen molar-refractivity contribution >= 4 is 34.2 Å². The van der Waals surface area contributed by atoms with Gasteiger partial charge in [0.1, 0.15) is 11.6 Å². The van der Waals surface area contributed by atoms with E-state index in [2.05, 4.69) is 11.9 Å². The molecule has 0 aliphatic carbocycles. The SMILES string of the molecule is CC1(Cn2c(CCl)nc3cc(Cl)c(F)cc32)CCOCC1. The first-order chi connectivity index (χ1) is 10.0. The Hall–Kier alpha value is -0.840. The highest BCUT2D eigenvalue weighted by atomic mass is 35.5. The number of alkyl halides is 1. The van der Waals surface area contributed by atoms with E-state index in [9.17, 15) is 4.39 Å². The lowest BCUT2D eigenvalue weighted by atomic mass is 9.82. The zero-order valence-electron chi connectivity index (χ0n) is 11.8. The molecule has 1 aromatic carbocycles. The van der Waals surface area contributed by atoms with E-state index in [0.29, 0.717) is 11.4 Å². The fourth-order valence-corrected chi connectivity index (χ4v) is 3.21. The van der Waals surface area contributed by atoms with Crippen LogP contribution in [0.5, 0.6) is 0 Å². The first-order valence-electron chi connectivity index (χ1n) is 7.00. The molecule has 3 nitrogen and oxygen atoms in total. The summed E-state index contributed by atoms with van der Waals surface area (Å²) in [6.45, 7) is 4.51. The lowest BCUT2D eigenvalue weighted by Gasteiger charge is -2.34. The molecule has 1 aromatic heterocycles. The van der Waals surface area contributed by atoms with Crippen molar-refractivity contribution in [3.63, 3.8) is 0 Å². The van der Waals surface area contributed by atoms with Crippen LogP contribution < -0.4 is 0 Å². The molecule has 6 heteroatoms. The van der Waals surface area contributed by atoms with Crippen LogP contribution in [0.3, 0.4) is 0 Å². The third kappa shape index (κ3) is 2.89. The largest absolute Gasteiger partial charge is 0.381 e. The molecule has 0 bridgehead atoms. The Bertz CT molecular complexity index is 665. The Morgan fingerprint density at radius 3 is 2.76 bits per heavy atom. The van der Waals surface area contributed by atoms with E-state index >= 15 is 0 Å². The molecule has 2 aromatic rings. The molecule has 1 fully saturated rings. The number of imidazole rings is 1. The smallest absolute Gasteiger partial charge is 0.144 e. The summed E-state index contributed by atoms with van der Waals surface area (Å²) in [6, 6.07) is 3.01. The van der Waals surface area contributed by atoms with Crippen LogP contribution in [0.25, 0.3) is 11.0 Å². The first kappa shape index (κ1) is 15.1. The molecule has 0 amide bonds. The molecule has 21 heavy (non-hydrogen) atoms. The van der Waals surface area contributed by atoms with Crippen LogP contribution in [0.15, 0.2) is 12.1 Å². The predicted molar refractivity (Wildman–Crippen MR) is 82.4 cm³/mol. The number of aromatic nitrogens is 2. The Labute approximate surface area is 133 Å². The second-order valence-electron chi connectivity index (χ2n) is 5.93. The monoisotopic (exact) mass is 330 g/mol. The molecular formula is C15H17Cl2FN2O. The van der Waals surface area contributed by atoms with Crippen LogP contribution in [0.1, 0.15) is 25.6 Å². The Kier molecular flexibility index (Phi) is 4.12. The summed E-state index contributed by atoms with van der Waals surface area (Å²) in [6.07, 6.45) is 1.95. The molecule has 1 aliphatic heterocycles. The van der Waals surface area contributed by atoms with Gasteiger partial charge in [-0.2, -0.15) is 0 Å². The fourth-order valence-electron chi connectivity index (χ4n) is 2.85. The minimum atomic E-state index is -0.427. The minimum Gasteiger partial charge on any atom is -0.381 e. The van der Waals surface area contributed by atoms with Gasteiger partial charge in [0.25, 0.3) is 0 Å². The molecule has 0 atom stereocenters. The maximum atomic E-state index is 13.8. The van der Waals surface area contributed by atoms with Crippen molar-refractivity contribution in [3.8, 4) is 0 Å². The number of ether oxygens (including phenoxy) is 1. The molecule has 2 heterocycles. The number of hydrogen-bond donors (Lipinski definition) is 0. The third-order valence-electron chi connectivity index (χ3n) is 4.23. The van der Waals surface area contributed by atoms with E-state index in [1.165, 1.54) is 6.07 Å². The normalized spacial score (nSPS) is 18.3. The van der Waals surface area contributed by atoms with E-state index in [0.717, 1.165) is 43.9 Å². The number of halogens is 3. The van der Waals surface area contributed by atoms with Crippen LogP contribution in [0, 0.1) is 11.2 Å². The second kappa shape index (κ2) is 5.75. The molecule has 3 rings (SSSR count). The van der Waals surface area contributed by atoms with Gasteiger partial charge >= 0.3 is 0 Å². The summed E-state index contributed by atoms with van der Waals surface area (Å²) in [5.74, 6) is 0.616. The van der Waals surface area contributed by atoms with Gasteiger partial charge in [-0.15, -0.1) is 11.6 Å². The summed E-state index contributed by atoms with van der Waals surface area (Å²) >= 11 is 11.8. The van der Waals surface area contributed by atoms with Crippen molar-refractivity contribution in [2.75, 3.05) is 13.2 Å². The Morgan fingerprint density at radius 1 is 1.38 bits per heavy atom. The Balaban J connectivity index is 2.05. The van der Waals surface area contributed by atoms with Crippen molar-refractivity contribution < 1.29 is 9.13 Å². The molecule has 0 radical (unpaired) electrons. The lowest BCUT2D eigenvalue weighted by Crippen LogP contribution is -2.31. The van der Waals surface area contributed by atoms with Crippen molar-refractivity contribution in [1.29, 1.82) is 0 Å². The van der Waals surface area contributed by atoms with Gasteiger partial charge in [-0.05, 0) is 24.3 Å². The van der Waals surface area contributed by atoms with Crippen molar-refractivity contribution in [2.45, 2.75) is 32.2 Å². The average Bonchev–Trinajstić information content (AvgIpc) is 2.77. The van der Waals surface area contributed by atoms with Crippen LogP contribution >= 0.6 is 23.2 Å². The molecule has 0 saturated carbocycles. The van der Waals surface area contributed by atoms with Gasteiger partial charge in [0, 0.05) is 25.8 Å². The van der Waals surface area contributed by atoms with Gasteiger partial charge in [0.15, 0.2) is 0 Å². The lowest BCUT2D eigenvalue weighted by molar-refractivity contribution is 0.0157.